The van der Waals surface area contributed by atoms with Gasteiger partial charge in [0.2, 0.25) is 10.0 Å². The first-order valence-electron chi connectivity index (χ1n) is 7.83. The number of ether oxygens (including phenoxy) is 3. The quantitative estimate of drug-likeness (QED) is 0.800. The first kappa shape index (κ1) is 18.3. The summed E-state index contributed by atoms with van der Waals surface area (Å²) in [5, 5.41) is 0. The van der Waals surface area contributed by atoms with Gasteiger partial charge in [-0.1, -0.05) is 0 Å². The molecule has 0 aliphatic carbocycles. The van der Waals surface area contributed by atoms with E-state index in [0.717, 1.165) is 0 Å². The SMILES string of the molecule is O=S(=O)(c1ccc2c(c1)OCCO2)N(CC(F)(F)F)C1CCOCC1. The molecular weight excluding hydrogens is 363 g/mol. The fourth-order valence-corrected chi connectivity index (χ4v) is 4.57. The highest BCUT2D eigenvalue weighted by Gasteiger charge is 2.41. The van der Waals surface area contributed by atoms with Gasteiger partial charge in [-0.15, -0.1) is 0 Å². The van der Waals surface area contributed by atoms with Gasteiger partial charge < -0.3 is 14.2 Å². The Bertz CT molecular complexity index is 716. The van der Waals surface area contributed by atoms with Gasteiger partial charge in [-0.25, -0.2) is 8.42 Å². The van der Waals surface area contributed by atoms with Crippen molar-refractivity contribution in [1.29, 1.82) is 0 Å². The summed E-state index contributed by atoms with van der Waals surface area (Å²) in [6.07, 6.45) is -4.20. The van der Waals surface area contributed by atoms with Crippen molar-refractivity contribution in [3.63, 3.8) is 0 Å². The van der Waals surface area contributed by atoms with Crippen molar-refractivity contribution >= 4 is 10.0 Å². The van der Waals surface area contributed by atoms with Gasteiger partial charge in [-0.05, 0) is 25.0 Å². The predicted octanol–water partition coefficient (Wildman–Crippen LogP) is 2.19. The van der Waals surface area contributed by atoms with Gasteiger partial charge in [-0.2, -0.15) is 17.5 Å². The highest BCUT2D eigenvalue weighted by Crippen LogP contribution is 2.35. The molecule has 2 heterocycles. The Labute approximate surface area is 143 Å². The third-order valence-electron chi connectivity index (χ3n) is 4.05. The minimum absolute atomic E-state index is 0.214. The van der Waals surface area contributed by atoms with E-state index in [0.29, 0.717) is 16.7 Å². The summed E-state index contributed by atoms with van der Waals surface area (Å²) >= 11 is 0. The van der Waals surface area contributed by atoms with E-state index < -0.39 is 28.8 Å². The topological polar surface area (TPSA) is 65.1 Å². The smallest absolute Gasteiger partial charge is 0.402 e. The van der Waals surface area contributed by atoms with Gasteiger partial charge in [-0.3, -0.25) is 0 Å². The summed E-state index contributed by atoms with van der Waals surface area (Å²) in [6, 6.07) is 3.10. The second-order valence-corrected chi connectivity index (χ2v) is 7.71. The maximum Gasteiger partial charge on any atom is 0.402 e. The number of benzene rings is 1. The number of fused-ring (bicyclic) bond motifs is 1. The Hall–Kier alpha value is -1.52. The molecule has 0 radical (unpaired) electrons. The molecule has 25 heavy (non-hydrogen) atoms. The molecule has 0 spiro atoms. The molecule has 0 saturated carbocycles. The van der Waals surface area contributed by atoms with E-state index in [4.69, 9.17) is 14.2 Å². The summed E-state index contributed by atoms with van der Waals surface area (Å²) in [5.41, 5.74) is 0. The van der Waals surface area contributed by atoms with Crippen LogP contribution < -0.4 is 9.47 Å². The maximum atomic E-state index is 13.0. The van der Waals surface area contributed by atoms with Crippen molar-refractivity contribution < 1.29 is 35.8 Å². The van der Waals surface area contributed by atoms with E-state index in [1.807, 2.05) is 0 Å². The molecule has 0 bridgehead atoms. The molecule has 2 aliphatic heterocycles. The van der Waals surface area contributed by atoms with Crippen molar-refractivity contribution in [3.05, 3.63) is 18.2 Å². The van der Waals surface area contributed by atoms with E-state index in [1.54, 1.807) is 0 Å². The number of nitrogens with zero attached hydrogens (tertiary/aromatic N) is 1. The molecule has 0 unspecified atom stereocenters. The molecule has 0 N–H and O–H groups in total. The van der Waals surface area contributed by atoms with Gasteiger partial charge >= 0.3 is 6.18 Å². The molecule has 3 rings (SSSR count). The van der Waals surface area contributed by atoms with Gasteiger partial charge in [0, 0.05) is 25.3 Å². The van der Waals surface area contributed by atoms with Crippen molar-refractivity contribution in [2.24, 2.45) is 0 Å². The van der Waals surface area contributed by atoms with Crippen LogP contribution in [0.2, 0.25) is 0 Å². The van der Waals surface area contributed by atoms with Gasteiger partial charge in [0.15, 0.2) is 11.5 Å². The Morgan fingerprint density at radius 3 is 2.32 bits per heavy atom. The summed E-state index contributed by atoms with van der Waals surface area (Å²) in [5.74, 6) is 0.588. The fraction of sp³-hybridized carbons (Fsp3) is 0.600. The molecule has 10 heteroatoms. The number of halogens is 3. The van der Waals surface area contributed by atoms with Gasteiger partial charge in [0.1, 0.15) is 19.8 Å². The van der Waals surface area contributed by atoms with Crippen LogP contribution in [0.25, 0.3) is 0 Å². The summed E-state index contributed by atoms with van der Waals surface area (Å²) in [7, 11) is -4.35. The number of hydrogen-bond donors (Lipinski definition) is 0. The minimum Gasteiger partial charge on any atom is -0.486 e. The maximum absolute atomic E-state index is 13.0. The lowest BCUT2D eigenvalue weighted by Crippen LogP contribution is -2.47. The Morgan fingerprint density at radius 1 is 1.04 bits per heavy atom. The van der Waals surface area contributed by atoms with Crippen LogP contribution in [0.15, 0.2) is 23.1 Å². The lowest BCUT2D eigenvalue weighted by Gasteiger charge is -2.34. The zero-order chi connectivity index (χ0) is 18.1. The predicted molar refractivity (Wildman–Crippen MR) is 81.2 cm³/mol. The Balaban J connectivity index is 1.95. The second-order valence-electron chi connectivity index (χ2n) is 5.81. The summed E-state index contributed by atoms with van der Waals surface area (Å²) in [4.78, 5) is -0.243. The molecule has 2 aliphatic rings. The molecule has 0 amide bonds. The van der Waals surface area contributed by atoms with Gasteiger partial charge in [0.25, 0.3) is 0 Å². The highest BCUT2D eigenvalue weighted by atomic mass is 32.2. The van der Waals surface area contributed by atoms with Crippen molar-refractivity contribution in [3.8, 4) is 11.5 Å². The van der Waals surface area contributed by atoms with Crippen LogP contribution in [0.5, 0.6) is 11.5 Å². The van der Waals surface area contributed by atoms with E-state index in [9.17, 15) is 21.6 Å². The van der Waals surface area contributed by atoms with Crippen LogP contribution in [-0.4, -0.2) is 57.9 Å². The standard InChI is InChI=1S/C15H18F3NO5S/c16-15(17,18)10-19(11-3-5-22-6-4-11)25(20,21)12-1-2-13-14(9-12)24-8-7-23-13/h1-2,9,11H,3-8,10H2. The molecule has 0 atom stereocenters. The van der Waals surface area contributed by atoms with Crippen LogP contribution in [0.4, 0.5) is 13.2 Å². The van der Waals surface area contributed by atoms with E-state index in [1.165, 1.54) is 18.2 Å². The third kappa shape index (κ3) is 4.18. The first-order chi connectivity index (χ1) is 11.8. The average molecular weight is 381 g/mol. The van der Waals surface area contributed by atoms with Gasteiger partial charge in [0.05, 0.1) is 4.90 Å². The number of alkyl halides is 3. The zero-order valence-electron chi connectivity index (χ0n) is 13.3. The van der Waals surface area contributed by atoms with Crippen molar-refractivity contribution in [2.45, 2.75) is 30.0 Å². The first-order valence-corrected chi connectivity index (χ1v) is 9.27. The van der Waals surface area contributed by atoms with E-state index in [2.05, 4.69) is 0 Å². The fourth-order valence-electron chi connectivity index (χ4n) is 2.88. The lowest BCUT2D eigenvalue weighted by molar-refractivity contribution is -0.141. The van der Waals surface area contributed by atoms with Crippen molar-refractivity contribution in [1.82, 2.24) is 4.31 Å². The van der Waals surface area contributed by atoms with E-state index in [-0.39, 0.29) is 43.3 Å². The van der Waals surface area contributed by atoms with Crippen LogP contribution >= 0.6 is 0 Å². The molecule has 6 nitrogen and oxygen atoms in total. The minimum atomic E-state index is -4.64. The molecule has 1 fully saturated rings. The number of sulfonamides is 1. The Kier molecular flexibility index (Phi) is 5.12. The largest absolute Gasteiger partial charge is 0.486 e. The Morgan fingerprint density at radius 2 is 1.68 bits per heavy atom. The average Bonchev–Trinajstić information content (AvgIpc) is 2.59. The molecule has 1 saturated heterocycles. The molecule has 140 valence electrons. The van der Waals surface area contributed by atoms with E-state index >= 15 is 0 Å². The van der Waals surface area contributed by atoms with Crippen LogP contribution in [0.3, 0.4) is 0 Å². The number of hydrogen-bond acceptors (Lipinski definition) is 5. The molecule has 0 aromatic heterocycles. The van der Waals surface area contributed by atoms with Crippen molar-refractivity contribution in [2.75, 3.05) is 33.0 Å². The second kappa shape index (κ2) is 7.00. The zero-order valence-corrected chi connectivity index (χ0v) is 14.1. The lowest BCUT2D eigenvalue weighted by atomic mass is 10.1. The van der Waals surface area contributed by atoms with Crippen LogP contribution in [-0.2, 0) is 14.8 Å². The molecular formula is C15H18F3NO5S. The third-order valence-corrected chi connectivity index (χ3v) is 5.95. The molecule has 1 aromatic rings. The molecule has 1 aromatic carbocycles. The van der Waals surface area contributed by atoms with Crippen LogP contribution in [0.1, 0.15) is 12.8 Å². The summed E-state index contributed by atoms with van der Waals surface area (Å²) < 4.78 is 81.1. The number of rotatable bonds is 4. The summed E-state index contributed by atoms with van der Waals surface area (Å²) in [6.45, 7) is -0.482. The van der Waals surface area contributed by atoms with Crippen LogP contribution in [0, 0.1) is 0 Å². The monoisotopic (exact) mass is 381 g/mol. The highest BCUT2D eigenvalue weighted by molar-refractivity contribution is 7.89. The normalized spacial score (nSPS) is 19.2.